The first-order valence-electron chi connectivity index (χ1n) is 6.82. The maximum atomic E-state index is 12.1. The van der Waals surface area contributed by atoms with Gasteiger partial charge in [0.1, 0.15) is 6.26 Å². The van der Waals surface area contributed by atoms with E-state index in [1.807, 2.05) is 30.5 Å². The Balaban J connectivity index is 1.91. The van der Waals surface area contributed by atoms with Crippen LogP contribution in [0.4, 0.5) is 0 Å². The van der Waals surface area contributed by atoms with Crippen molar-refractivity contribution in [1.29, 1.82) is 0 Å². The first-order valence-corrected chi connectivity index (χ1v) is 9.01. The standard InChI is InChI=1S/C15H18BrN3O2S/c1-22-6-5-12(17)15-19-13(9-21-15)14(20)18-8-10-3-2-4-11(16)7-10/h2-4,7,9,12H,5-6,8,17H2,1H3,(H,18,20). The zero-order chi connectivity index (χ0) is 15.9. The number of carbonyl (C=O) groups excluding carboxylic acids is 1. The highest BCUT2D eigenvalue weighted by Gasteiger charge is 2.16. The summed E-state index contributed by atoms with van der Waals surface area (Å²) in [6.45, 7) is 0.430. The Labute approximate surface area is 142 Å². The fourth-order valence-electron chi connectivity index (χ4n) is 1.85. The third kappa shape index (κ3) is 4.86. The molecule has 2 rings (SSSR count). The molecule has 0 saturated heterocycles. The van der Waals surface area contributed by atoms with Gasteiger partial charge in [0.25, 0.3) is 5.91 Å². The van der Waals surface area contributed by atoms with Crippen molar-refractivity contribution in [2.45, 2.75) is 19.0 Å². The van der Waals surface area contributed by atoms with Crippen LogP contribution in [-0.2, 0) is 6.54 Å². The van der Waals surface area contributed by atoms with Crippen LogP contribution in [0.3, 0.4) is 0 Å². The Morgan fingerprint density at radius 2 is 2.36 bits per heavy atom. The number of nitrogens with zero attached hydrogens (tertiary/aromatic N) is 1. The third-order valence-electron chi connectivity index (χ3n) is 3.05. The van der Waals surface area contributed by atoms with Crippen molar-refractivity contribution < 1.29 is 9.21 Å². The van der Waals surface area contributed by atoms with E-state index in [0.717, 1.165) is 22.2 Å². The quantitative estimate of drug-likeness (QED) is 0.767. The predicted molar refractivity (Wildman–Crippen MR) is 91.7 cm³/mol. The molecule has 1 unspecified atom stereocenters. The molecule has 22 heavy (non-hydrogen) atoms. The summed E-state index contributed by atoms with van der Waals surface area (Å²) in [7, 11) is 0. The predicted octanol–water partition coefficient (Wildman–Crippen LogP) is 3.12. The molecule has 0 bridgehead atoms. The van der Waals surface area contributed by atoms with Crippen molar-refractivity contribution in [3.8, 4) is 0 Å². The van der Waals surface area contributed by atoms with Crippen LogP contribution in [0.2, 0.25) is 0 Å². The van der Waals surface area contributed by atoms with Gasteiger partial charge >= 0.3 is 0 Å². The highest BCUT2D eigenvalue weighted by molar-refractivity contribution is 9.10. The fourth-order valence-corrected chi connectivity index (χ4v) is 2.79. The summed E-state index contributed by atoms with van der Waals surface area (Å²) < 4.78 is 6.28. The molecule has 2 aromatic rings. The molecule has 1 atom stereocenters. The number of hydrogen-bond acceptors (Lipinski definition) is 5. The van der Waals surface area contributed by atoms with Gasteiger partial charge in [-0.2, -0.15) is 11.8 Å². The van der Waals surface area contributed by atoms with Crippen LogP contribution in [0.1, 0.15) is 34.4 Å². The number of thioether (sulfide) groups is 1. The number of halogens is 1. The molecule has 1 heterocycles. The average molecular weight is 384 g/mol. The zero-order valence-corrected chi connectivity index (χ0v) is 14.6. The summed E-state index contributed by atoms with van der Waals surface area (Å²) in [4.78, 5) is 16.2. The van der Waals surface area contributed by atoms with Crippen LogP contribution in [0, 0.1) is 0 Å². The van der Waals surface area contributed by atoms with E-state index in [1.165, 1.54) is 6.26 Å². The number of nitrogens with one attached hydrogen (secondary N) is 1. The fraction of sp³-hybridized carbons (Fsp3) is 0.333. The monoisotopic (exact) mass is 383 g/mol. The van der Waals surface area contributed by atoms with Gasteiger partial charge in [0, 0.05) is 11.0 Å². The van der Waals surface area contributed by atoms with Gasteiger partial charge in [0.15, 0.2) is 5.69 Å². The Morgan fingerprint density at radius 1 is 1.55 bits per heavy atom. The molecule has 0 spiro atoms. The van der Waals surface area contributed by atoms with E-state index in [4.69, 9.17) is 10.2 Å². The number of nitrogens with two attached hydrogens (primary N) is 1. The van der Waals surface area contributed by atoms with Crippen LogP contribution < -0.4 is 11.1 Å². The summed E-state index contributed by atoms with van der Waals surface area (Å²) in [6.07, 6.45) is 4.13. The van der Waals surface area contributed by atoms with Gasteiger partial charge in [0.05, 0.1) is 6.04 Å². The van der Waals surface area contributed by atoms with E-state index in [2.05, 4.69) is 26.2 Å². The van der Waals surface area contributed by atoms with Gasteiger partial charge in [-0.05, 0) is 36.1 Å². The maximum absolute atomic E-state index is 12.1. The van der Waals surface area contributed by atoms with Crippen LogP contribution in [-0.4, -0.2) is 22.9 Å². The van der Waals surface area contributed by atoms with E-state index in [-0.39, 0.29) is 17.6 Å². The molecule has 0 radical (unpaired) electrons. The average Bonchev–Trinajstić information content (AvgIpc) is 3.00. The second-order valence-electron chi connectivity index (χ2n) is 4.77. The highest BCUT2D eigenvalue weighted by atomic mass is 79.9. The summed E-state index contributed by atoms with van der Waals surface area (Å²) in [5, 5.41) is 2.81. The minimum Gasteiger partial charge on any atom is -0.446 e. The number of aromatic nitrogens is 1. The molecule has 1 aromatic carbocycles. The van der Waals surface area contributed by atoms with Crippen molar-refractivity contribution in [3.63, 3.8) is 0 Å². The number of rotatable bonds is 7. The zero-order valence-electron chi connectivity index (χ0n) is 12.2. The maximum Gasteiger partial charge on any atom is 0.273 e. The molecule has 5 nitrogen and oxygen atoms in total. The van der Waals surface area contributed by atoms with Crippen molar-refractivity contribution in [2.24, 2.45) is 5.73 Å². The summed E-state index contributed by atoms with van der Waals surface area (Å²) in [5.41, 5.74) is 7.23. The molecule has 0 aliphatic heterocycles. The summed E-state index contributed by atoms with van der Waals surface area (Å²) in [5.74, 6) is 1.06. The highest BCUT2D eigenvalue weighted by Crippen LogP contribution is 2.16. The van der Waals surface area contributed by atoms with Crippen LogP contribution in [0.25, 0.3) is 0 Å². The minimum absolute atomic E-state index is 0.254. The Bertz CT molecular complexity index is 633. The first kappa shape index (κ1) is 17.1. The van der Waals surface area contributed by atoms with E-state index in [9.17, 15) is 4.79 Å². The number of carbonyl (C=O) groups is 1. The molecule has 118 valence electrons. The molecular weight excluding hydrogens is 366 g/mol. The van der Waals surface area contributed by atoms with Crippen molar-refractivity contribution >= 4 is 33.6 Å². The van der Waals surface area contributed by atoms with Crippen LogP contribution in [0.15, 0.2) is 39.4 Å². The summed E-state index contributed by atoms with van der Waals surface area (Å²) >= 11 is 5.11. The van der Waals surface area contributed by atoms with Gasteiger partial charge in [-0.25, -0.2) is 4.98 Å². The molecule has 1 aromatic heterocycles. The number of oxazole rings is 1. The normalized spacial score (nSPS) is 12.1. The van der Waals surface area contributed by atoms with Crippen molar-refractivity contribution in [3.05, 3.63) is 52.1 Å². The Hall–Kier alpha value is -1.31. The van der Waals surface area contributed by atoms with E-state index >= 15 is 0 Å². The lowest BCUT2D eigenvalue weighted by Crippen LogP contribution is -2.23. The Kier molecular flexibility index (Phi) is 6.48. The molecular formula is C15H18BrN3O2S. The van der Waals surface area contributed by atoms with Gasteiger partial charge in [-0.1, -0.05) is 28.1 Å². The van der Waals surface area contributed by atoms with Crippen LogP contribution >= 0.6 is 27.7 Å². The lowest BCUT2D eigenvalue weighted by atomic mass is 10.2. The van der Waals surface area contributed by atoms with Crippen molar-refractivity contribution in [2.75, 3.05) is 12.0 Å². The molecule has 1 amide bonds. The lowest BCUT2D eigenvalue weighted by Gasteiger charge is -2.05. The molecule has 3 N–H and O–H groups in total. The second-order valence-corrected chi connectivity index (χ2v) is 6.67. The van der Waals surface area contributed by atoms with E-state index in [0.29, 0.717) is 12.4 Å². The van der Waals surface area contributed by atoms with Gasteiger partial charge in [-0.15, -0.1) is 0 Å². The molecule has 0 saturated carbocycles. The van der Waals surface area contributed by atoms with Gasteiger partial charge < -0.3 is 15.5 Å². The summed E-state index contributed by atoms with van der Waals surface area (Å²) in [6, 6.07) is 7.47. The number of amides is 1. The van der Waals surface area contributed by atoms with E-state index < -0.39 is 0 Å². The topological polar surface area (TPSA) is 81.1 Å². The lowest BCUT2D eigenvalue weighted by molar-refractivity contribution is 0.0946. The number of hydrogen-bond donors (Lipinski definition) is 2. The molecule has 7 heteroatoms. The second kappa shape index (κ2) is 8.36. The minimum atomic E-state index is -0.279. The van der Waals surface area contributed by atoms with Crippen molar-refractivity contribution in [1.82, 2.24) is 10.3 Å². The van der Waals surface area contributed by atoms with Gasteiger partial charge in [0.2, 0.25) is 5.89 Å². The first-order chi connectivity index (χ1) is 10.6. The van der Waals surface area contributed by atoms with Gasteiger partial charge in [-0.3, -0.25) is 4.79 Å². The number of benzene rings is 1. The SMILES string of the molecule is CSCCC(N)c1nc(C(=O)NCc2cccc(Br)c2)co1. The molecule has 0 aliphatic rings. The molecule has 0 aliphatic carbocycles. The Morgan fingerprint density at radius 3 is 3.09 bits per heavy atom. The third-order valence-corrected chi connectivity index (χ3v) is 4.18. The van der Waals surface area contributed by atoms with E-state index in [1.54, 1.807) is 11.8 Å². The van der Waals surface area contributed by atoms with Crippen LogP contribution in [0.5, 0.6) is 0 Å². The molecule has 0 fully saturated rings. The smallest absolute Gasteiger partial charge is 0.273 e. The largest absolute Gasteiger partial charge is 0.446 e.